The van der Waals surface area contributed by atoms with Crippen LogP contribution in [0.1, 0.15) is 16.6 Å². The third-order valence-corrected chi connectivity index (χ3v) is 4.23. The monoisotopic (exact) mass is 296 g/mol. The standard InChI is InChI=1S/C16H16N4S/c1-17-14(13-7-8-18-19-10-13)9-16-20-15(11-21-16)12-5-3-2-4-6-12/h2-8,10-11,14,17H,9H2,1H3. The summed E-state index contributed by atoms with van der Waals surface area (Å²) in [5, 5.41) is 14.3. The number of aromatic nitrogens is 3. The van der Waals surface area contributed by atoms with Gasteiger partial charge in [0.2, 0.25) is 0 Å². The first-order valence-electron chi connectivity index (χ1n) is 6.80. The summed E-state index contributed by atoms with van der Waals surface area (Å²) in [7, 11) is 1.96. The predicted octanol–water partition coefficient (Wildman–Crippen LogP) is 3.10. The van der Waals surface area contributed by atoms with Gasteiger partial charge in [-0.05, 0) is 18.7 Å². The molecule has 2 heterocycles. The van der Waals surface area contributed by atoms with Crippen LogP contribution in [0.3, 0.4) is 0 Å². The third kappa shape index (κ3) is 3.32. The van der Waals surface area contributed by atoms with E-state index in [2.05, 4.69) is 33.0 Å². The Hall–Kier alpha value is -2.11. The molecule has 0 amide bonds. The second-order valence-corrected chi connectivity index (χ2v) is 5.66. The molecule has 0 aliphatic carbocycles. The molecular formula is C16H16N4S. The summed E-state index contributed by atoms with van der Waals surface area (Å²) in [6.45, 7) is 0. The van der Waals surface area contributed by atoms with Gasteiger partial charge in [-0.25, -0.2) is 4.98 Å². The first-order chi connectivity index (χ1) is 10.4. The van der Waals surface area contributed by atoms with Gasteiger partial charge in [0.1, 0.15) is 0 Å². The quantitative estimate of drug-likeness (QED) is 0.786. The Balaban J connectivity index is 1.78. The Bertz CT molecular complexity index is 682. The van der Waals surface area contributed by atoms with E-state index in [-0.39, 0.29) is 6.04 Å². The molecule has 21 heavy (non-hydrogen) atoms. The lowest BCUT2D eigenvalue weighted by Crippen LogP contribution is -2.19. The molecule has 0 aliphatic rings. The molecule has 0 spiro atoms. The molecule has 2 aromatic heterocycles. The molecule has 0 aliphatic heterocycles. The molecule has 0 fully saturated rings. The fourth-order valence-electron chi connectivity index (χ4n) is 2.21. The molecule has 4 nitrogen and oxygen atoms in total. The van der Waals surface area contributed by atoms with Crippen molar-refractivity contribution < 1.29 is 0 Å². The zero-order chi connectivity index (χ0) is 14.5. The minimum atomic E-state index is 0.204. The molecule has 0 saturated heterocycles. The van der Waals surface area contributed by atoms with Crippen molar-refractivity contribution in [2.75, 3.05) is 7.05 Å². The number of nitrogens with zero attached hydrogens (tertiary/aromatic N) is 3. The van der Waals surface area contributed by atoms with Crippen molar-refractivity contribution >= 4 is 11.3 Å². The van der Waals surface area contributed by atoms with E-state index in [9.17, 15) is 0 Å². The summed E-state index contributed by atoms with van der Waals surface area (Å²) in [5.74, 6) is 0. The SMILES string of the molecule is CNC(Cc1nc(-c2ccccc2)cs1)c1ccnnc1. The first-order valence-corrected chi connectivity index (χ1v) is 7.68. The van der Waals surface area contributed by atoms with Crippen molar-refractivity contribution in [3.05, 3.63) is 64.7 Å². The highest BCUT2D eigenvalue weighted by molar-refractivity contribution is 7.09. The summed E-state index contributed by atoms with van der Waals surface area (Å²) in [5.41, 5.74) is 3.33. The zero-order valence-corrected chi connectivity index (χ0v) is 12.5. The Morgan fingerprint density at radius 3 is 2.71 bits per heavy atom. The molecule has 5 heteroatoms. The van der Waals surface area contributed by atoms with Crippen LogP contribution in [0.25, 0.3) is 11.3 Å². The fraction of sp³-hybridized carbons (Fsp3) is 0.188. The smallest absolute Gasteiger partial charge is 0.0951 e. The van der Waals surface area contributed by atoms with Crippen molar-refractivity contribution in [2.45, 2.75) is 12.5 Å². The topological polar surface area (TPSA) is 50.7 Å². The molecule has 3 rings (SSSR count). The number of benzene rings is 1. The maximum absolute atomic E-state index is 4.74. The van der Waals surface area contributed by atoms with Crippen molar-refractivity contribution in [1.29, 1.82) is 0 Å². The molecule has 1 aromatic carbocycles. The van der Waals surface area contributed by atoms with Gasteiger partial charge in [0.05, 0.1) is 16.9 Å². The second-order valence-electron chi connectivity index (χ2n) is 4.71. The van der Waals surface area contributed by atoms with E-state index in [1.54, 1.807) is 23.7 Å². The van der Waals surface area contributed by atoms with Crippen LogP contribution in [-0.2, 0) is 6.42 Å². The van der Waals surface area contributed by atoms with Crippen LogP contribution < -0.4 is 5.32 Å². The summed E-state index contributed by atoms with van der Waals surface area (Å²) >= 11 is 1.70. The number of thiazole rings is 1. The molecule has 106 valence electrons. The van der Waals surface area contributed by atoms with Gasteiger partial charge in [0.25, 0.3) is 0 Å². The number of rotatable bonds is 5. The van der Waals surface area contributed by atoms with Crippen LogP contribution in [0, 0.1) is 0 Å². The Kier molecular flexibility index (Phi) is 4.33. The summed E-state index contributed by atoms with van der Waals surface area (Å²) in [4.78, 5) is 4.74. The lowest BCUT2D eigenvalue weighted by Gasteiger charge is -2.14. The third-order valence-electron chi connectivity index (χ3n) is 3.36. The van der Waals surface area contributed by atoms with Gasteiger partial charge in [-0.3, -0.25) is 0 Å². The van der Waals surface area contributed by atoms with E-state index in [0.29, 0.717) is 0 Å². The van der Waals surface area contributed by atoms with Gasteiger partial charge in [-0.15, -0.1) is 11.3 Å². The summed E-state index contributed by atoms with van der Waals surface area (Å²) in [6, 6.07) is 12.4. The van der Waals surface area contributed by atoms with E-state index in [4.69, 9.17) is 4.98 Å². The molecule has 1 N–H and O–H groups in total. The Morgan fingerprint density at radius 2 is 2.00 bits per heavy atom. The first kappa shape index (κ1) is 13.9. The van der Waals surface area contributed by atoms with Gasteiger partial charge < -0.3 is 5.32 Å². The summed E-state index contributed by atoms with van der Waals surface area (Å²) < 4.78 is 0. The predicted molar refractivity (Wildman–Crippen MR) is 85.1 cm³/mol. The minimum Gasteiger partial charge on any atom is -0.313 e. The largest absolute Gasteiger partial charge is 0.313 e. The normalized spacial score (nSPS) is 12.2. The van der Waals surface area contributed by atoms with Crippen LogP contribution in [-0.4, -0.2) is 22.2 Å². The molecule has 0 saturated carbocycles. The van der Waals surface area contributed by atoms with E-state index < -0.39 is 0 Å². The van der Waals surface area contributed by atoms with Gasteiger partial charge >= 0.3 is 0 Å². The molecule has 0 radical (unpaired) electrons. The van der Waals surface area contributed by atoms with E-state index in [1.165, 1.54) is 0 Å². The maximum atomic E-state index is 4.74. The highest BCUT2D eigenvalue weighted by atomic mass is 32.1. The van der Waals surface area contributed by atoms with Crippen molar-refractivity contribution in [2.24, 2.45) is 0 Å². The fourth-order valence-corrected chi connectivity index (χ4v) is 3.06. The molecule has 1 atom stereocenters. The van der Waals surface area contributed by atoms with E-state index >= 15 is 0 Å². The number of hydrogen-bond acceptors (Lipinski definition) is 5. The van der Waals surface area contributed by atoms with Crippen LogP contribution in [0.5, 0.6) is 0 Å². The average molecular weight is 296 g/mol. The molecule has 3 aromatic rings. The van der Waals surface area contributed by atoms with Crippen LogP contribution in [0.2, 0.25) is 0 Å². The maximum Gasteiger partial charge on any atom is 0.0951 e. The Labute approximate surface area is 127 Å². The Morgan fingerprint density at radius 1 is 1.14 bits per heavy atom. The highest BCUT2D eigenvalue weighted by Crippen LogP contribution is 2.25. The lowest BCUT2D eigenvalue weighted by atomic mass is 10.1. The molecular weight excluding hydrogens is 280 g/mol. The van der Waals surface area contributed by atoms with Gasteiger partial charge in [0, 0.05) is 29.6 Å². The van der Waals surface area contributed by atoms with Crippen molar-refractivity contribution in [3.63, 3.8) is 0 Å². The van der Waals surface area contributed by atoms with Gasteiger partial charge in [-0.2, -0.15) is 10.2 Å². The van der Waals surface area contributed by atoms with Crippen molar-refractivity contribution in [3.8, 4) is 11.3 Å². The highest BCUT2D eigenvalue weighted by Gasteiger charge is 2.13. The van der Waals surface area contributed by atoms with Crippen LogP contribution >= 0.6 is 11.3 Å². The average Bonchev–Trinajstić information content (AvgIpc) is 3.03. The summed E-state index contributed by atoms with van der Waals surface area (Å²) in [6.07, 6.45) is 4.36. The zero-order valence-electron chi connectivity index (χ0n) is 11.7. The number of nitrogens with one attached hydrogen (secondary N) is 1. The van der Waals surface area contributed by atoms with Crippen molar-refractivity contribution in [1.82, 2.24) is 20.5 Å². The van der Waals surface area contributed by atoms with Crippen LogP contribution in [0.15, 0.2) is 54.2 Å². The molecule has 1 unspecified atom stereocenters. The van der Waals surface area contributed by atoms with E-state index in [0.717, 1.165) is 28.2 Å². The minimum absolute atomic E-state index is 0.204. The van der Waals surface area contributed by atoms with Crippen LogP contribution in [0.4, 0.5) is 0 Å². The van der Waals surface area contributed by atoms with E-state index in [1.807, 2.05) is 31.3 Å². The second kappa shape index (κ2) is 6.56. The van der Waals surface area contributed by atoms with Gasteiger partial charge in [-0.1, -0.05) is 30.3 Å². The van der Waals surface area contributed by atoms with Gasteiger partial charge in [0.15, 0.2) is 0 Å². The molecule has 0 bridgehead atoms. The lowest BCUT2D eigenvalue weighted by molar-refractivity contribution is 0.586. The number of hydrogen-bond donors (Lipinski definition) is 1. The number of likely N-dealkylation sites (N-methyl/N-ethyl adjacent to an activating group) is 1.